The number of hydrogen-bond donors (Lipinski definition) is 2. The van der Waals surface area contributed by atoms with Crippen molar-refractivity contribution in [2.75, 3.05) is 5.32 Å². The van der Waals surface area contributed by atoms with Crippen molar-refractivity contribution in [1.82, 2.24) is 4.90 Å². The lowest BCUT2D eigenvalue weighted by molar-refractivity contribution is -0.122. The second-order valence-corrected chi connectivity index (χ2v) is 6.29. The van der Waals surface area contributed by atoms with Crippen LogP contribution < -0.4 is 5.32 Å². The van der Waals surface area contributed by atoms with E-state index in [2.05, 4.69) is 5.32 Å². The van der Waals surface area contributed by atoms with Crippen molar-refractivity contribution in [3.05, 3.63) is 59.7 Å². The van der Waals surface area contributed by atoms with E-state index in [0.717, 1.165) is 5.56 Å². The average molecular weight is 324 g/mol. The van der Waals surface area contributed by atoms with Gasteiger partial charge in [0.25, 0.3) is 5.91 Å². The van der Waals surface area contributed by atoms with E-state index < -0.39 is 6.04 Å². The van der Waals surface area contributed by atoms with Crippen LogP contribution in [0.25, 0.3) is 0 Å². The number of nitrogens with zero attached hydrogens (tertiary/aromatic N) is 1. The van der Waals surface area contributed by atoms with Gasteiger partial charge < -0.3 is 15.3 Å². The topological polar surface area (TPSA) is 69.6 Å². The Morgan fingerprint density at radius 1 is 1.12 bits per heavy atom. The van der Waals surface area contributed by atoms with Crippen LogP contribution >= 0.6 is 0 Å². The van der Waals surface area contributed by atoms with Crippen LogP contribution in [0.3, 0.4) is 0 Å². The van der Waals surface area contributed by atoms with Gasteiger partial charge in [0.05, 0.1) is 5.69 Å². The third-order valence-electron chi connectivity index (χ3n) is 4.25. The maximum absolute atomic E-state index is 12.8. The minimum Gasteiger partial charge on any atom is -0.506 e. The molecule has 24 heavy (non-hydrogen) atoms. The first kappa shape index (κ1) is 16.1. The SMILES string of the molecule is CC(C)[C@@H](C(=O)Nc1ccccc1O)N1Cc2ccccc2C1=O. The van der Waals surface area contributed by atoms with E-state index in [1.165, 1.54) is 6.07 Å². The number of amides is 2. The molecule has 0 radical (unpaired) electrons. The van der Waals surface area contributed by atoms with E-state index in [1.807, 2.05) is 32.0 Å². The number of benzene rings is 2. The lowest BCUT2D eigenvalue weighted by Crippen LogP contribution is -2.47. The second kappa shape index (κ2) is 6.35. The molecule has 2 N–H and O–H groups in total. The average Bonchev–Trinajstić information content (AvgIpc) is 2.87. The second-order valence-electron chi connectivity index (χ2n) is 6.29. The zero-order chi connectivity index (χ0) is 17.3. The zero-order valence-electron chi connectivity index (χ0n) is 13.7. The Morgan fingerprint density at radius 3 is 2.46 bits per heavy atom. The number of nitrogens with one attached hydrogen (secondary N) is 1. The predicted octanol–water partition coefficient (Wildman–Crippen LogP) is 3.01. The van der Waals surface area contributed by atoms with Gasteiger partial charge in [0.2, 0.25) is 5.91 Å². The fourth-order valence-electron chi connectivity index (χ4n) is 3.09. The summed E-state index contributed by atoms with van der Waals surface area (Å²) >= 11 is 0. The molecule has 0 saturated heterocycles. The molecule has 2 aromatic carbocycles. The number of fused-ring (bicyclic) bond motifs is 1. The molecule has 1 heterocycles. The van der Waals surface area contributed by atoms with Crippen LogP contribution in [0, 0.1) is 5.92 Å². The van der Waals surface area contributed by atoms with Crippen molar-refractivity contribution in [1.29, 1.82) is 0 Å². The Labute approximate surface area is 140 Å². The third kappa shape index (κ3) is 2.85. The first-order valence-electron chi connectivity index (χ1n) is 7.96. The summed E-state index contributed by atoms with van der Waals surface area (Å²) in [6, 6.07) is 13.4. The highest BCUT2D eigenvalue weighted by molar-refractivity contribution is 6.04. The maximum Gasteiger partial charge on any atom is 0.255 e. The summed E-state index contributed by atoms with van der Waals surface area (Å²) in [6.07, 6.45) is 0. The molecule has 0 saturated carbocycles. The summed E-state index contributed by atoms with van der Waals surface area (Å²) in [5.41, 5.74) is 1.93. The molecule has 3 rings (SSSR count). The molecule has 5 nitrogen and oxygen atoms in total. The first-order chi connectivity index (χ1) is 11.5. The number of anilines is 1. The van der Waals surface area contributed by atoms with E-state index in [0.29, 0.717) is 17.8 Å². The Balaban J connectivity index is 1.85. The standard InChI is InChI=1S/C19H20N2O3/c1-12(2)17(18(23)20-15-9-5-6-10-16(15)22)21-11-13-7-3-4-8-14(13)19(21)24/h3-10,12,17,22H,11H2,1-2H3,(H,20,23)/t17-/m0/s1. The van der Waals surface area contributed by atoms with Gasteiger partial charge in [0, 0.05) is 12.1 Å². The summed E-state index contributed by atoms with van der Waals surface area (Å²) in [7, 11) is 0. The number of hydrogen-bond acceptors (Lipinski definition) is 3. The van der Waals surface area contributed by atoms with E-state index >= 15 is 0 Å². The van der Waals surface area contributed by atoms with E-state index in [4.69, 9.17) is 0 Å². The summed E-state index contributed by atoms with van der Waals surface area (Å²) < 4.78 is 0. The number of phenols is 1. The maximum atomic E-state index is 12.8. The van der Waals surface area contributed by atoms with Gasteiger partial charge in [0.15, 0.2) is 0 Å². The molecule has 2 aromatic rings. The third-order valence-corrected chi connectivity index (χ3v) is 4.25. The van der Waals surface area contributed by atoms with Crippen LogP contribution in [0.4, 0.5) is 5.69 Å². The Kier molecular flexibility index (Phi) is 4.25. The quantitative estimate of drug-likeness (QED) is 0.849. The van der Waals surface area contributed by atoms with Crippen molar-refractivity contribution in [2.45, 2.75) is 26.4 Å². The van der Waals surface area contributed by atoms with Crippen LogP contribution in [0.1, 0.15) is 29.8 Å². The Hall–Kier alpha value is -2.82. The van der Waals surface area contributed by atoms with Gasteiger partial charge in [-0.05, 0) is 29.7 Å². The summed E-state index contributed by atoms with van der Waals surface area (Å²) in [5, 5.41) is 12.6. The monoisotopic (exact) mass is 324 g/mol. The first-order valence-corrected chi connectivity index (χ1v) is 7.96. The van der Waals surface area contributed by atoms with E-state index in [1.54, 1.807) is 29.2 Å². The normalized spacial score (nSPS) is 14.6. The molecular formula is C19H20N2O3. The molecule has 5 heteroatoms. The Bertz CT molecular complexity index is 786. The van der Waals surface area contributed by atoms with Gasteiger partial charge in [-0.25, -0.2) is 0 Å². The van der Waals surface area contributed by atoms with Crippen molar-refractivity contribution < 1.29 is 14.7 Å². The number of para-hydroxylation sites is 2. The summed E-state index contributed by atoms with van der Waals surface area (Å²) in [4.78, 5) is 27.0. The summed E-state index contributed by atoms with van der Waals surface area (Å²) in [6.45, 7) is 4.24. The fraction of sp³-hybridized carbons (Fsp3) is 0.263. The molecule has 0 fully saturated rings. The predicted molar refractivity (Wildman–Crippen MR) is 91.7 cm³/mol. The van der Waals surface area contributed by atoms with E-state index in [9.17, 15) is 14.7 Å². The molecular weight excluding hydrogens is 304 g/mol. The molecule has 0 aromatic heterocycles. The van der Waals surface area contributed by atoms with Crippen LogP contribution in [-0.4, -0.2) is 27.9 Å². The number of carbonyl (C=O) groups is 2. The van der Waals surface area contributed by atoms with Crippen LogP contribution in [-0.2, 0) is 11.3 Å². The molecule has 2 amide bonds. The summed E-state index contributed by atoms with van der Waals surface area (Å²) in [5.74, 6) is -0.483. The van der Waals surface area contributed by atoms with Gasteiger partial charge >= 0.3 is 0 Å². The van der Waals surface area contributed by atoms with Crippen molar-refractivity contribution >= 4 is 17.5 Å². The highest BCUT2D eigenvalue weighted by Crippen LogP contribution is 2.28. The van der Waals surface area contributed by atoms with E-state index in [-0.39, 0.29) is 23.5 Å². The molecule has 1 atom stereocenters. The van der Waals surface area contributed by atoms with Gasteiger partial charge in [-0.3, -0.25) is 9.59 Å². The van der Waals surface area contributed by atoms with Gasteiger partial charge in [0.1, 0.15) is 11.8 Å². The molecule has 0 unspecified atom stereocenters. The number of aromatic hydroxyl groups is 1. The van der Waals surface area contributed by atoms with Crippen LogP contribution in [0.2, 0.25) is 0 Å². The molecule has 0 bridgehead atoms. The van der Waals surface area contributed by atoms with Gasteiger partial charge in [-0.1, -0.05) is 44.2 Å². The fourth-order valence-corrected chi connectivity index (χ4v) is 3.09. The van der Waals surface area contributed by atoms with Crippen molar-refractivity contribution in [3.63, 3.8) is 0 Å². The zero-order valence-corrected chi connectivity index (χ0v) is 13.7. The van der Waals surface area contributed by atoms with Crippen LogP contribution in [0.15, 0.2) is 48.5 Å². The lowest BCUT2D eigenvalue weighted by Gasteiger charge is -2.30. The molecule has 0 spiro atoms. The molecule has 1 aliphatic rings. The number of rotatable bonds is 4. The minimum atomic E-state index is -0.607. The number of carbonyl (C=O) groups excluding carboxylic acids is 2. The minimum absolute atomic E-state index is 0.00407. The van der Waals surface area contributed by atoms with Crippen molar-refractivity contribution in [2.24, 2.45) is 5.92 Å². The van der Waals surface area contributed by atoms with Crippen LogP contribution in [0.5, 0.6) is 5.75 Å². The molecule has 1 aliphatic heterocycles. The molecule has 0 aliphatic carbocycles. The van der Waals surface area contributed by atoms with Gasteiger partial charge in [-0.2, -0.15) is 0 Å². The molecule has 124 valence electrons. The smallest absolute Gasteiger partial charge is 0.255 e. The van der Waals surface area contributed by atoms with Gasteiger partial charge in [-0.15, -0.1) is 0 Å². The highest BCUT2D eigenvalue weighted by atomic mass is 16.3. The Morgan fingerprint density at radius 2 is 1.79 bits per heavy atom. The lowest BCUT2D eigenvalue weighted by atomic mass is 10.0. The van der Waals surface area contributed by atoms with Crippen molar-refractivity contribution in [3.8, 4) is 5.75 Å². The number of phenolic OH excluding ortho intramolecular Hbond substituents is 1. The largest absolute Gasteiger partial charge is 0.506 e. The highest BCUT2D eigenvalue weighted by Gasteiger charge is 2.38.